The average molecular weight is 618 g/mol. The lowest BCUT2D eigenvalue weighted by Gasteiger charge is -2.29. The van der Waals surface area contributed by atoms with E-state index in [-0.39, 0.29) is 0 Å². The largest absolute Gasteiger partial charge is 0.455 e. The van der Waals surface area contributed by atoms with Gasteiger partial charge in [-0.3, -0.25) is 0 Å². The van der Waals surface area contributed by atoms with Gasteiger partial charge < -0.3 is 9.32 Å². The van der Waals surface area contributed by atoms with Gasteiger partial charge in [0.2, 0.25) is 0 Å². The highest BCUT2D eigenvalue weighted by Crippen LogP contribution is 2.51. The molecule has 3 heteroatoms. The van der Waals surface area contributed by atoms with E-state index in [1.165, 1.54) is 41.7 Å². The van der Waals surface area contributed by atoms with E-state index in [0.717, 1.165) is 50.1 Å². The van der Waals surface area contributed by atoms with Crippen molar-refractivity contribution in [3.8, 4) is 11.1 Å². The van der Waals surface area contributed by atoms with E-state index in [4.69, 9.17) is 4.42 Å². The van der Waals surface area contributed by atoms with E-state index in [0.29, 0.717) is 0 Å². The van der Waals surface area contributed by atoms with Crippen LogP contribution in [0.1, 0.15) is 0 Å². The first kappa shape index (κ1) is 26.3. The minimum atomic E-state index is 0.884. The molecule has 0 radical (unpaired) electrons. The van der Waals surface area contributed by atoms with Crippen LogP contribution in [0.5, 0.6) is 0 Å². The second-order valence-electron chi connectivity index (χ2n) is 12.0. The van der Waals surface area contributed by atoms with Gasteiger partial charge in [0.15, 0.2) is 0 Å². The second-order valence-corrected chi connectivity index (χ2v) is 13.1. The van der Waals surface area contributed by atoms with Gasteiger partial charge in [-0.25, -0.2) is 0 Å². The van der Waals surface area contributed by atoms with Crippen molar-refractivity contribution < 1.29 is 4.42 Å². The summed E-state index contributed by atoms with van der Waals surface area (Å²) >= 11 is 1.85. The average Bonchev–Trinajstić information content (AvgIpc) is 3.72. The van der Waals surface area contributed by atoms with Crippen LogP contribution in [0.4, 0.5) is 17.1 Å². The van der Waals surface area contributed by atoms with Crippen molar-refractivity contribution in [2.75, 3.05) is 4.90 Å². The first-order valence-electron chi connectivity index (χ1n) is 15.9. The summed E-state index contributed by atoms with van der Waals surface area (Å²) < 4.78 is 9.34. The van der Waals surface area contributed by atoms with E-state index >= 15 is 0 Å². The summed E-state index contributed by atoms with van der Waals surface area (Å²) in [7, 11) is 0. The summed E-state index contributed by atoms with van der Waals surface area (Å²) in [4.78, 5) is 2.50. The summed E-state index contributed by atoms with van der Waals surface area (Å²) in [6.45, 7) is 0. The summed E-state index contributed by atoms with van der Waals surface area (Å²) in [5, 5.41) is 9.65. The highest BCUT2D eigenvalue weighted by atomic mass is 32.1. The highest BCUT2D eigenvalue weighted by Gasteiger charge is 2.25. The van der Waals surface area contributed by atoms with Crippen LogP contribution in [0, 0.1) is 0 Å². The first-order chi connectivity index (χ1) is 23.3. The Hall–Kier alpha value is -5.90. The van der Waals surface area contributed by atoms with Crippen molar-refractivity contribution in [2.45, 2.75) is 0 Å². The van der Waals surface area contributed by atoms with E-state index in [9.17, 15) is 0 Å². The molecule has 0 bridgehead atoms. The van der Waals surface area contributed by atoms with Crippen LogP contribution in [0.3, 0.4) is 0 Å². The Morgan fingerprint density at radius 3 is 1.94 bits per heavy atom. The predicted molar refractivity (Wildman–Crippen MR) is 202 cm³/mol. The van der Waals surface area contributed by atoms with Crippen LogP contribution >= 0.6 is 11.3 Å². The molecule has 0 aliphatic carbocycles. The molecule has 220 valence electrons. The van der Waals surface area contributed by atoms with Crippen LogP contribution in [0.2, 0.25) is 0 Å². The maximum Gasteiger partial charge on any atom is 0.145 e. The number of para-hydroxylation sites is 1. The maximum absolute atomic E-state index is 6.78. The quantitative estimate of drug-likeness (QED) is 0.183. The van der Waals surface area contributed by atoms with Crippen LogP contribution in [-0.2, 0) is 0 Å². The Balaban J connectivity index is 1.40. The molecule has 2 aromatic heterocycles. The zero-order valence-corrected chi connectivity index (χ0v) is 26.2. The standard InChI is InChI=1S/C44H27NOS/c1-2-12-28(13-3-1)32-26-27-37(43-33-17-6-8-21-38(33)46-44(32)43)45(36-20-11-23-40-42(36)34-18-7-9-22-39(34)47-40)35-19-10-15-30-25-24-29-14-4-5-16-31(29)41(30)35/h1-27H. The summed E-state index contributed by atoms with van der Waals surface area (Å²) in [6, 6.07) is 58.9. The van der Waals surface area contributed by atoms with E-state index in [2.05, 4.69) is 169 Å². The molecule has 47 heavy (non-hydrogen) atoms. The van der Waals surface area contributed by atoms with Gasteiger partial charge >= 0.3 is 0 Å². The monoisotopic (exact) mass is 617 g/mol. The zero-order chi connectivity index (χ0) is 30.9. The maximum atomic E-state index is 6.78. The minimum absolute atomic E-state index is 0.884. The molecule has 0 saturated heterocycles. The molecule has 0 saturated carbocycles. The number of fused-ring (bicyclic) bond motifs is 9. The summed E-state index contributed by atoms with van der Waals surface area (Å²) in [5.41, 5.74) is 7.38. The summed E-state index contributed by atoms with van der Waals surface area (Å²) in [6.07, 6.45) is 0. The van der Waals surface area contributed by atoms with E-state index in [1.807, 2.05) is 11.3 Å². The topological polar surface area (TPSA) is 16.4 Å². The van der Waals surface area contributed by atoms with Crippen molar-refractivity contribution in [1.82, 2.24) is 0 Å². The number of anilines is 3. The van der Waals surface area contributed by atoms with Gasteiger partial charge in [0.1, 0.15) is 11.2 Å². The molecule has 0 amide bonds. The smallest absolute Gasteiger partial charge is 0.145 e. The molecular formula is C44H27NOS. The molecule has 0 fully saturated rings. The van der Waals surface area contributed by atoms with Gasteiger partial charge in [-0.15, -0.1) is 11.3 Å². The molecule has 0 aliphatic heterocycles. The van der Waals surface area contributed by atoms with Crippen LogP contribution in [-0.4, -0.2) is 0 Å². The van der Waals surface area contributed by atoms with Crippen molar-refractivity contribution in [1.29, 1.82) is 0 Å². The number of nitrogens with zero attached hydrogens (tertiary/aromatic N) is 1. The molecule has 8 aromatic carbocycles. The third kappa shape index (κ3) is 3.97. The molecule has 10 aromatic rings. The summed E-state index contributed by atoms with van der Waals surface area (Å²) in [5.74, 6) is 0. The molecule has 0 spiro atoms. The van der Waals surface area contributed by atoms with Crippen LogP contribution in [0.15, 0.2) is 168 Å². The Bertz CT molecular complexity index is 2810. The van der Waals surface area contributed by atoms with Crippen molar-refractivity contribution >= 4 is 92.1 Å². The SMILES string of the molecule is c1ccc(-c2ccc(N(c3cccc4ccc5ccccc5c34)c3cccc4sc5ccccc5c34)c3c2oc2ccccc23)cc1. The fourth-order valence-corrected chi connectivity index (χ4v) is 8.53. The molecule has 0 unspecified atom stereocenters. The zero-order valence-electron chi connectivity index (χ0n) is 25.4. The number of furan rings is 1. The van der Waals surface area contributed by atoms with E-state index in [1.54, 1.807) is 0 Å². The normalized spacial score (nSPS) is 11.8. The van der Waals surface area contributed by atoms with Gasteiger partial charge in [-0.1, -0.05) is 121 Å². The molecule has 0 aliphatic rings. The van der Waals surface area contributed by atoms with Gasteiger partial charge in [-0.2, -0.15) is 0 Å². The molecule has 2 heterocycles. The fourth-order valence-electron chi connectivity index (χ4n) is 7.40. The third-order valence-corrected chi connectivity index (χ3v) is 10.6. The Morgan fingerprint density at radius 2 is 1.04 bits per heavy atom. The van der Waals surface area contributed by atoms with Crippen LogP contribution in [0.25, 0.3) is 74.8 Å². The number of hydrogen-bond acceptors (Lipinski definition) is 3. The van der Waals surface area contributed by atoms with Gasteiger partial charge in [-0.05, 0) is 64.2 Å². The minimum Gasteiger partial charge on any atom is -0.455 e. The lowest BCUT2D eigenvalue weighted by molar-refractivity contribution is 0.670. The van der Waals surface area contributed by atoms with Gasteiger partial charge in [0.25, 0.3) is 0 Å². The first-order valence-corrected chi connectivity index (χ1v) is 16.8. The number of hydrogen-bond donors (Lipinski definition) is 0. The molecule has 0 atom stereocenters. The fraction of sp³-hybridized carbons (Fsp3) is 0. The molecule has 2 nitrogen and oxygen atoms in total. The molecular weight excluding hydrogens is 591 g/mol. The van der Waals surface area contributed by atoms with Gasteiger partial charge in [0, 0.05) is 36.5 Å². The van der Waals surface area contributed by atoms with Crippen molar-refractivity contribution in [2.24, 2.45) is 0 Å². The highest BCUT2D eigenvalue weighted by molar-refractivity contribution is 7.26. The van der Waals surface area contributed by atoms with Crippen LogP contribution < -0.4 is 4.90 Å². The number of benzene rings is 8. The lowest BCUT2D eigenvalue weighted by atomic mass is 9.97. The van der Waals surface area contributed by atoms with Crippen molar-refractivity contribution in [3.05, 3.63) is 164 Å². The Kier molecular flexibility index (Phi) is 5.78. The van der Waals surface area contributed by atoms with Gasteiger partial charge in [0.05, 0.1) is 22.4 Å². The van der Waals surface area contributed by atoms with E-state index < -0.39 is 0 Å². The Morgan fingerprint density at radius 1 is 0.404 bits per heavy atom. The number of rotatable bonds is 4. The third-order valence-electron chi connectivity index (χ3n) is 9.44. The predicted octanol–water partition coefficient (Wildman–Crippen LogP) is 13.4. The Labute approximate surface area is 275 Å². The number of thiophene rings is 1. The molecule has 10 rings (SSSR count). The molecule has 0 N–H and O–H groups in total. The van der Waals surface area contributed by atoms with Crippen molar-refractivity contribution in [3.63, 3.8) is 0 Å². The lowest BCUT2D eigenvalue weighted by Crippen LogP contribution is -2.11. The second kappa shape index (κ2) is 10.3.